The van der Waals surface area contributed by atoms with E-state index in [4.69, 9.17) is 4.99 Å². The number of halogens is 1. The Bertz CT molecular complexity index is 1070. The normalized spacial score (nSPS) is 17.2. The quantitative estimate of drug-likeness (QED) is 0.744. The second-order valence-electron chi connectivity index (χ2n) is 7.88. The lowest BCUT2D eigenvalue weighted by atomic mass is 10.0. The van der Waals surface area contributed by atoms with Gasteiger partial charge < -0.3 is 5.32 Å². The summed E-state index contributed by atoms with van der Waals surface area (Å²) < 4.78 is 13.0. The molecule has 160 valence electrons. The molecule has 4 rings (SSSR count). The predicted molar refractivity (Wildman–Crippen MR) is 121 cm³/mol. The van der Waals surface area contributed by atoms with Gasteiger partial charge in [0.05, 0.1) is 11.4 Å². The Labute approximate surface area is 184 Å². The lowest BCUT2D eigenvalue weighted by Gasteiger charge is -2.25. The number of nitrogens with one attached hydrogen (secondary N) is 1. The van der Waals surface area contributed by atoms with Gasteiger partial charge in [-0.3, -0.25) is 14.6 Å². The topological polar surface area (TPSA) is 74.1 Å². The third-order valence-corrected chi connectivity index (χ3v) is 5.92. The van der Waals surface area contributed by atoms with E-state index < -0.39 is 6.04 Å². The van der Waals surface area contributed by atoms with Crippen LogP contribution >= 0.6 is 11.8 Å². The summed E-state index contributed by atoms with van der Waals surface area (Å²) in [4.78, 5) is 36.3. The van der Waals surface area contributed by atoms with E-state index in [0.29, 0.717) is 29.9 Å². The zero-order valence-corrected chi connectivity index (χ0v) is 18.2. The van der Waals surface area contributed by atoms with Gasteiger partial charge in [0.2, 0.25) is 5.91 Å². The third kappa shape index (κ3) is 4.69. The molecule has 0 unspecified atom stereocenters. The second-order valence-corrected chi connectivity index (χ2v) is 8.82. The van der Waals surface area contributed by atoms with Crippen LogP contribution in [0.1, 0.15) is 31.4 Å². The van der Waals surface area contributed by atoms with Crippen molar-refractivity contribution < 1.29 is 14.0 Å². The Morgan fingerprint density at radius 2 is 1.94 bits per heavy atom. The van der Waals surface area contributed by atoms with Crippen molar-refractivity contribution in [3.63, 3.8) is 0 Å². The van der Waals surface area contributed by atoms with Crippen LogP contribution in [0, 0.1) is 11.7 Å². The largest absolute Gasteiger partial charge is 0.351 e. The summed E-state index contributed by atoms with van der Waals surface area (Å²) in [7, 11) is 0. The zero-order chi connectivity index (χ0) is 22.0. The van der Waals surface area contributed by atoms with Gasteiger partial charge >= 0.3 is 0 Å². The molecule has 0 bridgehead atoms. The smallest absolute Gasteiger partial charge is 0.259 e. The molecule has 1 N–H and O–H groups in total. The Kier molecular flexibility index (Phi) is 6.18. The van der Waals surface area contributed by atoms with Crippen molar-refractivity contribution in [3.05, 3.63) is 65.5 Å². The minimum atomic E-state index is -0.431. The number of nitrogens with zero attached hydrogens (tertiary/aromatic N) is 3. The fraction of sp³-hybridized carbons (Fsp3) is 0.304. The van der Waals surface area contributed by atoms with Gasteiger partial charge in [0.25, 0.3) is 5.91 Å². The van der Waals surface area contributed by atoms with Crippen LogP contribution in [-0.2, 0) is 16.1 Å². The average molecular weight is 439 g/mol. The molecule has 31 heavy (non-hydrogen) atoms. The van der Waals surface area contributed by atoms with Gasteiger partial charge in [-0.2, -0.15) is 0 Å². The summed E-state index contributed by atoms with van der Waals surface area (Å²) in [5.74, 6) is 0.435. The number of carbonyl (C=O) groups excluding carboxylic acids is 2. The molecule has 0 saturated heterocycles. The fourth-order valence-electron chi connectivity index (χ4n) is 3.48. The van der Waals surface area contributed by atoms with E-state index in [1.807, 2.05) is 24.3 Å². The van der Waals surface area contributed by atoms with Crippen LogP contribution in [0.15, 0.2) is 58.5 Å². The summed E-state index contributed by atoms with van der Waals surface area (Å²) in [6.07, 6.45) is 0.664. The maximum atomic E-state index is 13.1. The van der Waals surface area contributed by atoms with E-state index in [9.17, 15) is 14.0 Å². The van der Waals surface area contributed by atoms with Crippen molar-refractivity contribution >= 4 is 40.3 Å². The highest BCUT2D eigenvalue weighted by Gasteiger charge is 2.41. The first-order valence-corrected chi connectivity index (χ1v) is 11.1. The van der Waals surface area contributed by atoms with E-state index >= 15 is 0 Å². The number of benzene rings is 2. The highest BCUT2D eigenvalue weighted by molar-refractivity contribution is 8.14. The number of thioether (sulfide) groups is 1. The molecule has 0 spiro atoms. The Balaban J connectivity index is 1.47. The molecule has 2 aromatic rings. The van der Waals surface area contributed by atoms with Gasteiger partial charge in [-0.1, -0.05) is 49.9 Å². The first-order chi connectivity index (χ1) is 14.9. The zero-order valence-electron chi connectivity index (χ0n) is 17.3. The first kappa shape index (κ1) is 21.2. The number of aliphatic imine (C=N–C) groups is 2. The minimum absolute atomic E-state index is 0.101. The van der Waals surface area contributed by atoms with E-state index in [-0.39, 0.29) is 23.4 Å². The second kappa shape index (κ2) is 9.01. The lowest BCUT2D eigenvalue weighted by molar-refractivity contribution is -0.125. The Hall–Kier alpha value is -3.00. The highest BCUT2D eigenvalue weighted by atomic mass is 32.2. The summed E-state index contributed by atoms with van der Waals surface area (Å²) in [6.45, 7) is 4.43. The van der Waals surface area contributed by atoms with Crippen LogP contribution < -0.4 is 5.32 Å². The number of hydrogen-bond donors (Lipinski definition) is 1. The van der Waals surface area contributed by atoms with Crippen LogP contribution in [0.3, 0.4) is 0 Å². The van der Waals surface area contributed by atoms with E-state index in [2.05, 4.69) is 24.2 Å². The Morgan fingerprint density at radius 3 is 2.68 bits per heavy atom. The molecule has 0 aromatic heterocycles. The van der Waals surface area contributed by atoms with E-state index in [0.717, 1.165) is 16.8 Å². The number of rotatable bonds is 6. The summed E-state index contributed by atoms with van der Waals surface area (Å²) in [5.41, 5.74) is 2.38. The molecule has 8 heteroatoms. The van der Waals surface area contributed by atoms with Crippen LogP contribution in [0.2, 0.25) is 0 Å². The van der Waals surface area contributed by atoms with Gasteiger partial charge in [-0.25, -0.2) is 14.3 Å². The van der Waals surface area contributed by atoms with Gasteiger partial charge in [0.1, 0.15) is 17.7 Å². The van der Waals surface area contributed by atoms with Gasteiger partial charge in [0, 0.05) is 12.1 Å². The van der Waals surface area contributed by atoms with E-state index in [1.165, 1.54) is 23.9 Å². The third-order valence-electron chi connectivity index (χ3n) is 4.98. The molecule has 0 saturated carbocycles. The monoisotopic (exact) mass is 438 g/mol. The van der Waals surface area contributed by atoms with Crippen molar-refractivity contribution in [3.8, 4) is 0 Å². The molecular weight excluding hydrogens is 415 g/mol. The average Bonchev–Trinajstić information content (AvgIpc) is 3.07. The molecule has 2 aliphatic heterocycles. The van der Waals surface area contributed by atoms with Crippen LogP contribution in [0.5, 0.6) is 0 Å². The van der Waals surface area contributed by atoms with Crippen molar-refractivity contribution in [1.82, 2.24) is 10.2 Å². The molecule has 2 aromatic carbocycles. The minimum Gasteiger partial charge on any atom is -0.351 e. The number of fused-ring (bicyclic) bond motifs is 3. The van der Waals surface area contributed by atoms with Crippen molar-refractivity contribution in [2.75, 3.05) is 5.75 Å². The van der Waals surface area contributed by atoms with Gasteiger partial charge in [0.15, 0.2) is 5.17 Å². The molecule has 2 heterocycles. The number of para-hydroxylation sites is 1. The van der Waals surface area contributed by atoms with Crippen LogP contribution in [-0.4, -0.2) is 39.5 Å². The number of amides is 2. The molecule has 6 nitrogen and oxygen atoms in total. The van der Waals surface area contributed by atoms with Gasteiger partial charge in [-0.05, 0) is 42.2 Å². The van der Waals surface area contributed by atoms with Crippen molar-refractivity contribution in [2.24, 2.45) is 15.9 Å². The van der Waals surface area contributed by atoms with E-state index in [1.54, 1.807) is 17.0 Å². The molecule has 0 radical (unpaired) electrons. The molecule has 1 atom stereocenters. The number of hydrogen-bond acceptors (Lipinski definition) is 5. The molecule has 2 aliphatic rings. The predicted octanol–water partition coefficient (Wildman–Crippen LogP) is 3.88. The summed E-state index contributed by atoms with van der Waals surface area (Å²) in [6, 6.07) is 13.1. The molecule has 0 fully saturated rings. The SMILES string of the molecule is CC(C)C[C@H]1N=C2c3ccccc3N=C(SCC(=O)NCc3ccc(F)cc3)N2C1=O. The Morgan fingerprint density at radius 1 is 1.19 bits per heavy atom. The van der Waals surface area contributed by atoms with Crippen molar-refractivity contribution in [2.45, 2.75) is 32.9 Å². The first-order valence-electron chi connectivity index (χ1n) is 10.2. The van der Waals surface area contributed by atoms with Crippen LogP contribution in [0.4, 0.5) is 10.1 Å². The number of carbonyl (C=O) groups is 2. The van der Waals surface area contributed by atoms with Gasteiger partial charge in [-0.15, -0.1) is 0 Å². The van der Waals surface area contributed by atoms with Crippen molar-refractivity contribution in [1.29, 1.82) is 0 Å². The summed E-state index contributed by atoms with van der Waals surface area (Å²) >= 11 is 1.21. The number of amidine groups is 2. The molecular formula is C23H23FN4O2S. The lowest BCUT2D eigenvalue weighted by Crippen LogP contribution is -2.41. The highest BCUT2D eigenvalue weighted by Crippen LogP contribution is 2.34. The maximum absolute atomic E-state index is 13.1. The van der Waals surface area contributed by atoms with Crippen LogP contribution in [0.25, 0.3) is 0 Å². The summed E-state index contributed by atoms with van der Waals surface area (Å²) in [5, 5.41) is 3.28. The molecule has 2 amide bonds. The molecule has 0 aliphatic carbocycles. The fourth-order valence-corrected chi connectivity index (χ4v) is 4.31. The standard InChI is InChI=1S/C23H23FN4O2S/c1-14(2)11-19-22(30)28-21(26-19)17-5-3-4-6-18(17)27-23(28)31-13-20(29)25-12-15-7-9-16(24)10-8-15/h3-10,14,19H,11-13H2,1-2H3,(H,25,29)/t19-/m1/s1. The maximum Gasteiger partial charge on any atom is 0.259 e.